The molecule has 0 bridgehead atoms. The maximum absolute atomic E-state index is 12.8. The number of halogens is 3. The normalized spacial score (nSPS) is 14.4. The minimum atomic E-state index is -4.39. The number of aromatic amines is 1. The molecule has 0 atom stereocenters. The topological polar surface area (TPSA) is 144 Å². The second kappa shape index (κ2) is 10.6. The lowest BCUT2D eigenvalue weighted by atomic mass is 9.97. The highest BCUT2D eigenvalue weighted by molar-refractivity contribution is 5.89. The van der Waals surface area contributed by atoms with Gasteiger partial charge in [-0.05, 0) is 36.6 Å². The molecule has 3 heterocycles. The third-order valence-corrected chi connectivity index (χ3v) is 5.60. The maximum atomic E-state index is 12.8. The monoisotopic (exact) mass is 485 g/mol. The van der Waals surface area contributed by atoms with Gasteiger partial charge in [-0.15, -0.1) is 0 Å². The van der Waals surface area contributed by atoms with E-state index in [9.17, 15) is 13.2 Å². The van der Waals surface area contributed by atoms with E-state index in [2.05, 4.69) is 35.5 Å². The number of hydrogen-bond donors (Lipinski definition) is 4. The summed E-state index contributed by atoms with van der Waals surface area (Å²) >= 11 is 0. The summed E-state index contributed by atoms with van der Waals surface area (Å²) in [5, 5.41) is 10.5. The summed E-state index contributed by atoms with van der Waals surface area (Å²) in [5.74, 6) is 0.366. The van der Waals surface area contributed by atoms with Crippen molar-refractivity contribution < 1.29 is 13.2 Å². The van der Waals surface area contributed by atoms with Crippen molar-refractivity contribution in [2.45, 2.75) is 50.9 Å². The first kappa shape index (κ1) is 24.3. The van der Waals surface area contributed by atoms with Gasteiger partial charge in [-0.3, -0.25) is 5.10 Å². The van der Waals surface area contributed by atoms with Crippen LogP contribution in [0.4, 0.5) is 25.1 Å². The third-order valence-electron chi connectivity index (χ3n) is 5.60. The van der Waals surface area contributed by atoms with Gasteiger partial charge in [0.2, 0.25) is 11.9 Å². The Kier molecular flexibility index (Phi) is 7.39. The summed E-state index contributed by atoms with van der Waals surface area (Å²) < 4.78 is 38.5. The average molecular weight is 486 g/mol. The van der Waals surface area contributed by atoms with E-state index in [0.717, 1.165) is 12.1 Å². The Bertz CT molecular complexity index is 1270. The molecule has 0 radical (unpaired) electrons. The predicted molar refractivity (Wildman–Crippen MR) is 127 cm³/mol. The second-order valence-electron chi connectivity index (χ2n) is 8.28. The van der Waals surface area contributed by atoms with Crippen LogP contribution in [0.1, 0.15) is 43.2 Å². The second-order valence-corrected chi connectivity index (χ2v) is 8.28. The van der Waals surface area contributed by atoms with E-state index in [4.69, 9.17) is 11.5 Å². The van der Waals surface area contributed by atoms with Gasteiger partial charge in [0, 0.05) is 25.0 Å². The number of nitrogens with one attached hydrogen (secondary N) is 2. The zero-order valence-corrected chi connectivity index (χ0v) is 18.9. The average Bonchev–Trinajstić information content (AvgIpc) is 3.26. The van der Waals surface area contributed by atoms with Gasteiger partial charge in [0.15, 0.2) is 5.65 Å². The van der Waals surface area contributed by atoms with Crippen molar-refractivity contribution in [1.29, 1.82) is 0 Å². The Hall–Kier alpha value is -3.80. The van der Waals surface area contributed by atoms with Crippen LogP contribution in [-0.2, 0) is 12.7 Å². The zero-order chi connectivity index (χ0) is 24.8. The number of hydrogen-bond acceptors (Lipinski definition) is 8. The number of aromatic nitrogens is 6. The van der Waals surface area contributed by atoms with Gasteiger partial charge < -0.3 is 16.8 Å². The molecule has 9 nitrogen and oxygen atoms in total. The summed E-state index contributed by atoms with van der Waals surface area (Å²) in [6, 6.07) is 7.27. The number of nitrogens with two attached hydrogens (primary N) is 2. The van der Waals surface area contributed by atoms with E-state index in [1.54, 1.807) is 12.1 Å². The van der Waals surface area contributed by atoms with Crippen LogP contribution in [0, 0.1) is 0 Å². The molecule has 0 unspecified atom stereocenters. The fourth-order valence-electron chi connectivity index (χ4n) is 3.77. The molecule has 0 saturated heterocycles. The van der Waals surface area contributed by atoms with E-state index in [1.807, 2.05) is 0 Å². The Balaban J connectivity index is 0.000000356. The lowest BCUT2D eigenvalue weighted by Crippen LogP contribution is -2.22. The molecule has 6 N–H and O–H groups in total. The molecule has 3 aromatic heterocycles. The first-order chi connectivity index (χ1) is 16.8. The van der Waals surface area contributed by atoms with Crippen LogP contribution in [0.5, 0.6) is 0 Å². The van der Waals surface area contributed by atoms with Crippen molar-refractivity contribution in [1.82, 2.24) is 30.1 Å². The van der Waals surface area contributed by atoms with Crippen molar-refractivity contribution >= 4 is 22.9 Å². The number of nitrogens with zero attached hydrogens (tertiary/aromatic N) is 5. The number of rotatable bonds is 4. The number of fused-ring (bicyclic) bond motifs is 1. The first-order valence-electron chi connectivity index (χ1n) is 11.2. The fraction of sp³-hybridized carbons (Fsp3) is 0.348. The molecular weight excluding hydrogens is 459 g/mol. The number of H-pyrrole nitrogens is 1. The summed E-state index contributed by atoms with van der Waals surface area (Å²) in [6.45, 7) is 0.136. The van der Waals surface area contributed by atoms with E-state index < -0.39 is 11.7 Å². The van der Waals surface area contributed by atoms with Crippen molar-refractivity contribution in [3.63, 3.8) is 0 Å². The Morgan fingerprint density at radius 3 is 2.57 bits per heavy atom. The molecule has 0 amide bonds. The molecule has 12 heteroatoms. The number of anilines is 2. The molecule has 1 fully saturated rings. The Morgan fingerprint density at radius 2 is 1.86 bits per heavy atom. The summed E-state index contributed by atoms with van der Waals surface area (Å²) in [6.07, 6.45) is 5.34. The van der Waals surface area contributed by atoms with Gasteiger partial charge >= 0.3 is 6.18 Å². The van der Waals surface area contributed by atoms with Crippen LogP contribution < -0.4 is 16.8 Å². The minimum Gasteiger partial charge on any atom is -0.368 e. The summed E-state index contributed by atoms with van der Waals surface area (Å²) in [5.41, 5.74) is 12.4. The summed E-state index contributed by atoms with van der Waals surface area (Å²) in [7, 11) is 0. The van der Waals surface area contributed by atoms with Crippen LogP contribution in [0.3, 0.4) is 0 Å². The number of benzene rings is 1. The van der Waals surface area contributed by atoms with E-state index in [0.29, 0.717) is 34.0 Å². The predicted octanol–water partition coefficient (Wildman–Crippen LogP) is 4.30. The molecule has 35 heavy (non-hydrogen) atoms. The van der Waals surface area contributed by atoms with Crippen LogP contribution in [-0.4, -0.2) is 36.2 Å². The van der Waals surface area contributed by atoms with Crippen molar-refractivity contribution in [3.05, 3.63) is 53.9 Å². The maximum Gasteiger partial charge on any atom is 0.416 e. The number of nitrogen functional groups attached to an aromatic ring is 1. The Labute approximate surface area is 199 Å². The van der Waals surface area contributed by atoms with E-state index in [-0.39, 0.29) is 18.4 Å². The molecule has 5 rings (SSSR count). The first-order valence-corrected chi connectivity index (χ1v) is 11.2. The standard InChI is InChI=1S/C17H13F3N8.C6H13N/c18-17(19,20)10-3-1-2-9(6-10)7-24-16-22-5-4-12(25-16)13-11-8-23-15(21)26-14(11)28-27-13;7-6-4-2-1-3-5-6/h1-6,8H,7H2,(H,22,24,25)(H3,21,23,26,27,28);6H,1-5,7H2. The van der Waals surface area contributed by atoms with Crippen LogP contribution in [0.15, 0.2) is 42.7 Å². The van der Waals surface area contributed by atoms with Crippen molar-refractivity contribution in [2.75, 3.05) is 11.1 Å². The molecular formula is C23H26F3N9. The van der Waals surface area contributed by atoms with Gasteiger partial charge in [-0.2, -0.15) is 23.3 Å². The highest BCUT2D eigenvalue weighted by Crippen LogP contribution is 2.29. The van der Waals surface area contributed by atoms with Gasteiger partial charge in [0.25, 0.3) is 0 Å². The fourth-order valence-corrected chi connectivity index (χ4v) is 3.77. The van der Waals surface area contributed by atoms with Gasteiger partial charge in [0.1, 0.15) is 0 Å². The molecule has 0 spiro atoms. The molecule has 4 aromatic rings. The van der Waals surface area contributed by atoms with Crippen LogP contribution >= 0.6 is 0 Å². The quantitative estimate of drug-likeness (QED) is 0.335. The molecule has 1 aromatic carbocycles. The van der Waals surface area contributed by atoms with Gasteiger partial charge in [0.05, 0.1) is 22.3 Å². The SMILES string of the molecule is NC1CCCCC1.Nc1ncc2c(-c3ccnc(NCc4cccc(C(F)(F)F)c4)n3)[nH]nc2n1. The molecule has 0 aliphatic heterocycles. The zero-order valence-electron chi connectivity index (χ0n) is 18.9. The minimum absolute atomic E-state index is 0.108. The highest BCUT2D eigenvalue weighted by Gasteiger charge is 2.30. The largest absolute Gasteiger partial charge is 0.416 e. The number of alkyl halides is 3. The van der Waals surface area contributed by atoms with Crippen LogP contribution in [0.2, 0.25) is 0 Å². The molecule has 1 aliphatic rings. The van der Waals surface area contributed by atoms with Crippen molar-refractivity contribution in [2.24, 2.45) is 5.73 Å². The molecule has 184 valence electrons. The summed E-state index contributed by atoms with van der Waals surface area (Å²) in [4.78, 5) is 16.4. The molecule has 1 saturated carbocycles. The van der Waals surface area contributed by atoms with Gasteiger partial charge in [-0.1, -0.05) is 31.4 Å². The van der Waals surface area contributed by atoms with Gasteiger partial charge in [-0.25, -0.2) is 15.0 Å². The Morgan fingerprint density at radius 1 is 1.06 bits per heavy atom. The lowest BCUT2D eigenvalue weighted by Gasteiger charge is -2.15. The lowest BCUT2D eigenvalue weighted by molar-refractivity contribution is -0.137. The third kappa shape index (κ3) is 6.41. The van der Waals surface area contributed by atoms with E-state index >= 15 is 0 Å². The van der Waals surface area contributed by atoms with Crippen LogP contribution in [0.25, 0.3) is 22.4 Å². The van der Waals surface area contributed by atoms with E-state index in [1.165, 1.54) is 50.6 Å². The smallest absolute Gasteiger partial charge is 0.368 e. The van der Waals surface area contributed by atoms with Crippen molar-refractivity contribution in [3.8, 4) is 11.4 Å². The molecule has 1 aliphatic carbocycles. The highest BCUT2D eigenvalue weighted by atomic mass is 19.4.